The van der Waals surface area contributed by atoms with Gasteiger partial charge in [-0.2, -0.15) is 0 Å². The third-order valence-electron chi connectivity index (χ3n) is 3.48. The van der Waals surface area contributed by atoms with Crippen LogP contribution in [-0.2, 0) is 0 Å². The minimum absolute atomic E-state index is 0.0318. The van der Waals surface area contributed by atoms with Gasteiger partial charge in [0.05, 0.1) is 6.10 Å². The van der Waals surface area contributed by atoms with Crippen molar-refractivity contribution in [1.82, 2.24) is 5.32 Å². The van der Waals surface area contributed by atoms with Crippen LogP contribution in [0.5, 0.6) is 0 Å². The highest BCUT2D eigenvalue weighted by Gasteiger charge is 2.26. The van der Waals surface area contributed by atoms with E-state index >= 15 is 0 Å². The maximum Gasteiger partial charge on any atom is 0.257 e. The van der Waals surface area contributed by atoms with Gasteiger partial charge in [-0.15, -0.1) is 0 Å². The summed E-state index contributed by atoms with van der Waals surface area (Å²) in [4.78, 5) is 11.9. The first-order chi connectivity index (χ1) is 11.3. The van der Waals surface area contributed by atoms with Crippen LogP contribution in [-0.4, -0.2) is 17.1 Å². The molecule has 2 rings (SSSR count). The molecule has 2 aromatic carbocycles. The molecule has 0 aliphatic rings. The Hall–Kier alpha value is -2.41. The monoisotopic (exact) mass is 341 g/mol. The number of benzene rings is 2. The summed E-state index contributed by atoms with van der Waals surface area (Å²) < 4.78 is 53.5. The number of nitrogens with one attached hydrogen (secondary N) is 1. The van der Waals surface area contributed by atoms with Crippen LogP contribution in [0.1, 0.15) is 35.4 Å². The van der Waals surface area contributed by atoms with Crippen molar-refractivity contribution in [3.05, 3.63) is 70.8 Å². The van der Waals surface area contributed by atoms with E-state index in [0.29, 0.717) is 5.56 Å². The van der Waals surface area contributed by atoms with Crippen LogP contribution in [0.25, 0.3) is 0 Å². The molecular weight excluding hydrogens is 326 g/mol. The fourth-order valence-electron chi connectivity index (χ4n) is 2.27. The molecule has 0 spiro atoms. The second kappa shape index (κ2) is 7.44. The summed E-state index contributed by atoms with van der Waals surface area (Å²) in [7, 11) is 0. The minimum Gasteiger partial charge on any atom is -0.388 e. The van der Waals surface area contributed by atoms with Gasteiger partial charge in [0.1, 0.15) is 5.56 Å². The normalized spacial score (nSPS) is 13.4. The SMILES string of the molecule is C[C@@H](C[C@H](O)c1ccccc1)NC(=O)c1c(F)c(F)cc(F)c1F. The van der Waals surface area contributed by atoms with E-state index in [9.17, 15) is 27.5 Å². The lowest BCUT2D eigenvalue weighted by molar-refractivity contribution is 0.0906. The summed E-state index contributed by atoms with van der Waals surface area (Å²) in [6.45, 7) is 1.50. The Morgan fingerprint density at radius 2 is 1.62 bits per heavy atom. The molecule has 7 heteroatoms. The van der Waals surface area contributed by atoms with Crippen LogP contribution in [0.3, 0.4) is 0 Å². The first kappa shape index (κ1) is 17.9. The number of rotatable bonds is 5. The van der Waals surface area contributed by atoms with E-state index in [1.165, 1.54) is 6.92 Å². The van der Waals surface area contributed by atoms with Crippen LogP contribution >= 0.6 is 0 Å². The maximum absolute atomic E-state index is 13.6. The molecule has 0 fully saturated rings. The molecule has 0 saturated carbocycles. The lowest BCUT2D eigenvalue weighted by Crippen LogP contribution is -2.35. The zero-order chi connectivity index (χ0) is 17.9. The average molecular weight is 341 g/mol. The highest BCUT2D eigenvalue weighted by Crippen LogP contribution is 2.21. The van der Waals surface area contributed by atoms with Gasteiger partial charge in [-0.1, -0.05) is 30.3 Å². The molecule has 0 bridgehead atoms. The number of aliphatic hydroxyl groups excluding tert-OH is 1. The third kappa shape index (κ3) is 3.91. The summed E-state index contributed by atoms with van der Waals surface area (Å²) in [5.41, 5.74) is -0.721. The molecule has 0 heterocycles. The molecule has 24 heavy (non-hydrogen) atoms. The maximum atomic E-state index is 13.6. The van der Waals surface area contributed by atoms with E-state index in [4.69, 9.17) is 0 Å². The third-order valence-corrected chi connectivity index (χ3v) is 3.48. The Labute approximate surface area is 135 Å². The van der Waals surface area contributed by atoms with E-state index in [0.717, 1.165) is 0 Å². The lowest BCUT2D eigenvalue weighted by Gasteiger charge is -2.18. The number of carbonyl (C=O) groups excluding carboxylic acids is 1. The molecule has 0 radical (unpaired) electrons. The topological polar surface area (TPSA) is 49.3 Å². The molecule has 2 aromatic rings. The minimum atomic E-state index is -1.76. The molecule has 0 unspecified atom stereocenters. The first-order valence-corrected chi connectivity index (χ1v) is 7.18. The lowest BCUT2D eigenvalue weighted by atomic mass is 10.0. The van der Waals surface area contributed by atoms with Gasteiger partial charge in [0, 0.05) is 12.1 Å². The highest BCUT2D eigenvalue weighted by molar-refractivity contribution is 5.95. The van der Waals surface area contributed by atoms with E-state index in [1.807, 2.05) is 0 Å². The van der Waals surface area contributed by atoms with Gasteiger partial charge in [0.15, 0.2) is 23.3 Å². The molecule has 0 aliphatic heterocycles. The van der Waals surface area contributed by atoms with E-state index in [-0.39, 0.29) is 12.5 Å². The largest absolute Gasteiger partial charge is 0.388 e. The van der Waals surface area contributed by atoms with E-state index < -0.39 is 46.9 Å². The Bertz CT molecular complexity index is 711. The summed E-state index contributed by atoms with van der Waals surface area (Å²) in [5.74, 6) is -8.13. The van der Waals surface area contributed by atoms with Gasteiger partial charge < -0.3 is 10.4 Å². The van der Waals surface area contributed by atoms with Crippen LogP contribution < -0.4 is 5.32 Å². The van der Waals surface area contributed by atoms with Crippen LogP contribution in [0.15, 0.2) is 36.4 Å². The second-order valence-electron chi connectivity index (χ2n) is 5.38. The summed E-state index contributed by atoms with van der Waals surface area (Å²) in [5, 5.41) is 12.3. The summed E-state index contributed by atoms with van der Waals surface area (Å²) in [6.07, 6.45) is -0.864. The Morgan fingerprint density at radius 3 is 2.17 bits per heavy atom. The number of hydrogen-bond donors (Lipinski definition) is 2. The summed E-state index contributed by atoms with van der Waals surface area (Å²) >= 11 is 0. The number of halogens is 4. The van der Waals surface area contributed by atoms with Gasteiger partial charge in [-0.25, -0.2) is 17.6 Å². The second-order valence-corrected chi connectivity index (χ2v) is 5.38. The molecule has 2 atom stereocenters. The molecule has 3 nitrogen and oxygen atoms in total. The predicted molar refractivity (Wildman–Crippen MR) is 79.2 cm³/mol. The van der Waals surface area contributed by atoms with Gasteiger partial charge in [0.25, 0.3) is 5.91 Å². The fraction of sp³-hybridized carbons (Fsp3) is 0.235. The average Bonchev–Trinajstić information content (AvgIpc) is 2.54. The molecular formula is C17H15F4NO2. The van der Waals surface area contributed by atoms with Crippen molar-refractivity contribution in [1.29, 1.82) is 0 Å². The molecule has 2 N–H and O–H groups in total. The molecule has 1 amide bonds. The van der Waals surface area contributed by atoms with Gasteiger partial charge in [0.2, 0.25) is 0 Å². The standard InChI is InChI=1S/C17H15F4NO2/c1-9(7-13(23)10-5-3-2-4-6-10)22-17(24)14-15(20)11(18)8-12(19)16(14)21/h2-6,8-9,13,23H,7H2,1H3,(H,22,24)/t9-,13-/m0/s1. The molecule has 0 aromatic heterocycles. The van der Waals surface area contributed by atoms with Gasteiger partial charge in [-0.05, 0) is 18.9 Å². The Kier molecular flexibility index (Phi) is 5.56. The van der Waals surface area contributed by atoms with Crippen molar-refractivity contribution < 1.29 is 27.5 Å². The van der Waals surface area contributed by atoms with Crippen molar-refractivity contribution in [2.24, 2.45) is 0 Å². The van der Waals surface area contributed by atoms with Crippen molar-refractivity contribution >= 4 is 5.91 Å². The zero-order valence-corrected chi connectivity index (χ0v) is 12.7. The van der Waals surface area contributed by atoms with E-state index in [1.54, 1.807) is 30.3 Å². The molecule has 128 valence electrons. The highest BCUT2D eigenvalue weighted by atomic mass is 19.2. The van der Waals surface area contributed by atoms with Gasteiger partial charge >= 0.3 is 0 Å². The quantitative estimate of drug-likeness (QED) is 0.646. The van der Waals surface area contributed by atoms with Crippen LogP contribution in [0.4, 0.5) is 17.6 Å². The fourth-order valence-corrected chi connectivity index (χ4v) is 2.27. The zero-order valence-electron chi connectivity index (χ0n) is 12.7. The van der Waals surface area contributed by atoms with Crippen molar-refractivity contribution in [3.8, 4) is 0 Å². The van der Waals surface area contributed by atoms with Crippen LogP contribution in [0.2, 0.25) is 0 Å². The Morgan fingerprint density at radius 1 is 1.08 bits per heavy atom. The van der Waals surface area contributed by atoms with Crippen molar-refractivity contribution in [2.75, 3.05) is 0 Å². The van der Waals surface area contributed by atoms with Crippen molar-refractivity contribution in [3.63, 3.8) is 0 Å². The Balaban J connectivity index is 2.10. The number of amides is 1. The summed E-state index contributed by atoms with van der Waals surface area (Å²) in [6, 6.07) is 7.92. The number of carbonyl (C=O) groups is 1. The smallest absolute Gasteiger partial charge is 0.257 e. The number of hydrogen-bond acceptors (Lipinski definition) is 2. The first-order valence-electron chi connectivity index (χ1n) is 7.18. The molecule has 0 aliphatic carbocycles. The van der Waals surface area contributed by atoms with Crippen molar-refractivity contribution in [2.45, 2.75) is 25.5 Å². The predicted octanol–water partition coefficient (Wildman–Crippen LogP) is 3.49. The number of aliphatic hydroxyl groups is 1. The van der Waals surface area contributed by atoms with Gasteiger partial charge in [-0.3, -0.25) is 4.79 Å². The van der Waals surface area contributed by atoms with Crippen LogP contribution in [0, 0.1) is 23.3 Å². The molecule has 0 saturated heterocycles. The van der Waals surface area contributed by atoms with E-state index in [2.05, 4.69) is 5.32 Å².